The first-order valence-corrected chi connectivity index (χ1v) is 4.62. The lowest BCUT2D eigenvalue weighted by Gasteiger charge is -2.19. The molecule has 1 aliphatic rings. The molecule has 1 saturated heterocycles. The number of hydrogen-bond acceptors (Lipinski definition) is 5. The van der Waals surface area contributed by atoms with Gasteiger partial charge in [0.15, 0.2) is 0 Å². The van der Waals surface area contributed by atoms with Crippen LogP contribution in [-0.4, -0.2) is 33.8 Å². The maximum absolute atomic E-state index is 9.78. The van der Waals surface area contributed by atoms with Gasteiger partial charge in [-0.05, 0) is 13.3 Å². The Labute approximate surface area is 82.6 Å². The van der Waals surface area contributed by atoms with Gasteiger partial charge in [-0.3, -0.25) is 0 Å². The first-order valence-electron chi connectivity index (χ1n) is 4.62. The average molecular weight is 194 g/mol. The molecule has 0 radical (unpaired) electrons. The topological polar surface area (TPSA) is 75.3 Å². The molecule has 5 nitrogen and oxygen atoms in total. The molecule has 1 aliphatic heterocycles. The number of aliphatic hydroxyl groups is 1. The van der Waals surface area contributed by atoms with Crippen LogP contribution in [0.3, 0.4) is 0 Å². The van der Waals surface area contributed by atoms with E-state index in [2.05, 4.69) is 9.97 Å². The van der Waals surface area contributed by atoms with Crippen molar-refractivity contribution in [2.45, 2.75) is 18.9 Å². The van der Waals surface area contributed by atoms with Gasteiger partial charge in [0.1, 0.15) is 18.0 Å². The van der Waals surface area contributed by atoms with Crippen molar-refractivity contribution < 1.29 is 5.11 Å². The quantitative estimate of drug-likeness (QED) is 0.659. The summed E-state index contributed by atoms with van der Waals surface area (Å²) in [5.41, 5.74) is 4.94. The number of nitrogens with zero attached hydrogens (tertiary/aromatic N) is 3. The number of nitrogen functional groups attached to an aromatic ring is 1. The van der Waals surface area contributed by atoms with Gasteiger partial charge in [-0.2, -0.15) is 0 Å². The van der Waals surface area contributed by atoms with Crippen LogP contribution < -0.4 is 10.6 Å². The summed E-state index contributed by atoms with van der Waals surface area (Å²) >= 11 is 0. The summed E-state index contributed by atoms with van der Waals surface area (Å²) in [4.78, 5) is 9.95. The largest absolute Gasteiger partial charge is 0.388 e. The van der Waals surface area contributed by atoms with Crippen molar-refractivity contribution in [2.75, 3.05) is 23.7 Å². The van der Waals surface area contributed by atoms with E-state index in [0.717, 1.165) is 18.8 Å². The third kappa shape index (κ3) is 1.77. The second-order valence-corrected chi connectivity index (χ2v) is 3.97. The Bertz CT molecular complexity index is 339. The van der Waals surface area contributed by atoms with Crippen molar-refractivity contribution in [3.63, 3.8) is 0 Å². The number of anilines is 2. The zero-order chi connectivity index (χ0) is 10.2. The fourth-order valence-corrected chi connectivity index (χ4v) is 1.68. The lowest BCUT2D eigenvalue weighted by molar-refractivity contribution is 0.0839. The van der Waals surface area contributed by atoms with Crippen LogP contribution in [0.2, 0.25) is 0 Å². The summed E-state index contributed by atoms with van der Waals surface area (Å²) < 4.78 is 0. The molecule has 0 aliphatic carbocycles. The predicted molar refractivity (Wildman–Crippen MR) is 53.9 cm³/mol. The third-order valence-corrected chi connectivity index (χ3v) is 2.45. The lowest BCUT2D eigenvalue weighted by atomic mass is 10.1. The molecule has 1 atom stereocenters. The maximum atomic E-state index is 9.78. The van der Waals surface area contributed by atoms with Crippen molar-refractivity contribution in [1.82, 2.24) is 9.97 Å². The molecular weight excluding hydrogens is 180 g/mol. The molecule has 76 valence electrons. The van der Waals surface area contributed by atoms with Crippen LogP contribution in [0.25, 0.3) is 0 Å². The monoisotopic (exact) mass is 194 g/mol. The zero-order valence-corrected chi connectivity index (χ0v) is 8.14. The van der Waals surface area contributed by atoms with Crippen LogP contribution in [0, 0.1) is 0 Å². The van der Waals surface area contributed by atoms with Crippen LogP contribution in [0.5, 0.6) is 0 Å². The van der Waals surface area contributed by atoms with E-state index in [0.29, 0.717) is 12.4 Å². The molecule has 0 saturated carbocycles. The summed E-state index contributed by atoms with van der Waals surface area (Å²) in [7, 11) is 0. The minimum Gasteiger partial charge on any atom is -0.388 e. The zero-order valence-electron chi connectivity index (χ0n) is 8.14. The van der Waals surface area contributed by atoms with E-state index in [-0.39, 0.29) is 0 Å². The van der Waals surface area contributed by atoms with Crippen molar-refractivity contribution in [1.29, 1.82) is 0 Å². The standard InChI is InChI=1S/C9H14N4O/c1-9(14)2-3-13(5-9)8-4-7(10)11-6-12-8/h4,6,14H,2-3,5H2,1H3,(H2,10,11,12). The molecule has 0 aromatic carbocycles. The molecular formula is C9H14N4O. The molecule has 1 unspecified atom stereocenters. The lowest BCUT2D eigenvalue weighted by Crippen LogP contribution is -2.30. The molecule has 0 spiro atoms. The normalized spacial score (nSPS) is 26.9. The molecule has 5 heteroatoms. The maximum Gasteiger partial charge on any atom is 0.134 e. The summed E-state index contributed by atoms with van der Waals surface area (Å²) in [5, 5.41) is 9.78. The van der Waals surface area contributed by atoms with Crippen LogP contribution in [-0.2, 0) is 0 Å². The van der Waals surface area contributed by atoms with E-state index >= 15 is 0 Å². The first-order chi connectivity index (χ1) is 6.57. The first kappa shape index (κ1) is 9.21. The highest BCUT2D eigenvalue weighted by molar-refractivity contribution is 5.47. The van der Waals surface area contributed by atoms with E-state index < -0.39 is 5.60 Å². The molecule has 2 rings (SSSR count). The average Bonchev–Trinajstić information content (AvgIpc) is 2.46. The Hall–Kier alpha value is -1.36. The van der Waals surface area contributed by atoms with Gasteiger partial charge in [0.2, 0.25) is 0 Å². The highest BCUT2D eigenvalue weighted by Gasteiger charge is 2.31. The van der Waals surface area contributed by atoms with Crippen LogP contribution in [0.1, 0.15) is 13.3 Å². The fraction of sp³-hybridized carbons (Fsp3) is 0.556. The van der Waals surface area contributed by atoms with Gasteiger partial charge >= 0.3 is 0 Å². The van der Waals surface area contributed by atoms with E-state index in [1.165, 1.54) is 6.33 Å². The van der Waals surface area contributed by atoms with Gasteiger partial charge in [-0.15, -0.1) is 0 Å². The molecule has 3 N–H and O–H groups in total. The van der Waals surface area contributed by atoms with Crippen LogP contribution in [0.4, 0.5) is 11.6 Å². The minimum absolute atomic E-state index is 0.460. The molecule has 1 fully saturated rings. The van der Waals surface area contributed by atoms with Gasteiger partial charge in [0.25, 0.3) is 0 Å². The minimum atomic E-state index is -0.611. The second kappa shape index (κ2) is 3.09. The van der Waals surface area contributed by atoms with Crippen LogP contribution in [0.15, 0.2) is 12.4 Å². The summed E-state index contributed by atoms with van der Waals surface area (Å²) in [5.74, 6) is 1.25. The number of hydrogen-bond donors (Lipinski definition) is 2. The molecule has 0 bridgehead atoms. The number of nitrogens with two attached hydrogens (primary N) is 1. The smallest absolute Gasteiger partial charge is 0.134 e. The third-order valence-electron chi connectivity index (χ3n) is 2.45. The van der Waals surface area contributed by atoms with E-state index in [1.807, 2.05) is 11.8 Å². The highest BCUT2D eigenvalue weighted by Crippen LogP contribution is 2.24. The summed E-state index contributed by atoms with van der Waals surface area (Å²) in [6.45, 7) is 3.24. The van der Waals surface area contributed by atoms with Gasteiger partial charge in [-0.25, -0.2) is 9.97 Å². The Morgan fingerprint density at radius 2 is 2.36 bits per heavy atom. The number of aromatic nitrogens is 2. The van der Waals surface area contributed by atoms with E-state index in [1.54, 1.807) is 6.07 Å². The van der Waals surface area contributed by atoms with Gasteiger partial charge in [0.05, 0.1) is 5.60 Å². The van der Waals surface area contributed by atoms with Crippen molar-refractivity contribution in [3.05, 3.63) is 12.4 Å². The fourth-order valence-electron chi connectivity index (χ4n) is 1.68. The summed E-state index contributed by atoms with van der Waals surface area (Å²) in [6, 6.07) is 1.72. The summed E-state index contributed by atoms with van der Waals surface area (Å²) in [6.07, 6.45) is 2.20. The van der Waals surface area contributed by atoms with Gasteiger partial charge < -0.3 is 15.7 Å². The SMILES string of the molecule is CC1(O)CCN(c2cc(N)ncn2)C1. The molecule has 1 aromatic rings. The van der Waals surface area contributed by atoms with Gasteiger partial charge in [0, 0.05) is 19.2 Å². The highest BCUT2D eigenvalue weighted by atomic mass is 16.3. The van der Waals surface area contributed by atoms with E-state index in [4.69, 9.17) is 5.73 Å². The number of β-amino-alcohol motifs (C(OH)–C–C–N with tert-alkyl or cyclic N) is 1. The van der Waals surface area contributed by atoms with Crippen LogP contribution >= 0.6 is 0 Å². The molecule has 0 amide bonds. The second-order valence-electron chi connectivity index (χ2n) is 3.97. The molecule has 1 aromatic heterocycles. The van der Waals surface area contributed by atoms with Crippen molar-refractivity contribution >= 4 is 11.6 Å². The predicted octanol–water partition coefficient (Wildman–Crippen LogP) is 0.0199. The van der Waals surface area contributed by atoms with E-state index in [9.17, 15) is 5.11 Å². The van der Waals surface area contributed by atoms with Crippen molar-refractivity contribution in [2.24, 2.45) is 0 Å². The molecule has 14 heavy (non-hydrogen) atoms. The number of rotatable bonds is 1. The Morgan fingerprint density at radius 3 is 2.93 bits per heavy atom. The Balaban J connectivity index is 2.17. The van der Waals surface area contributed by atoms with Gasteiger partial charge in [-0.1, -0.05) is 0 Å². The Kier molecular flexibility index (Phi) is 2.03. The Morgan fingerprint density at radius 1 is 1.57 bits per heavy atom. The van der Waals surface area contributed by atoms with Crippen molar-refractivity contribution in [3.8, 4) is 0 Å². The molecule has 2 heterocycles.